The maximum atomic E-state index is 13.3. The average Bonchev–Trinajstić information content (AvgIpc) is 3.20. The van der Waals surface area contributed by atoms with Crippen LogP contribution in [0.2, 0.25) is 0 Å². The minimum Gasteiger partial charge on any atom is -0.353 e. The first-order chi connectivity index (χ1) is 10.7. The lowest BCUT2D eigenvalue weighted by Crippen LogP contribution is -2.41. The van der Waals surface area contributed by atoms with Gasteiger partial charge < -0.3 is 9.47 Å². The lowest BCUT2D eigenvalue weighted by atomic mass is 9.87. The lowest BCUT2D eigenvalue weighted by Gasteiger charge is -2.35. The summed E-state index contributed by atoms with van der Waals surface area (Å²) in [7, 11) is 2.11. The predicted octanol–water partition coefficient (Wildman–Crippen LogP) is 3.91. The topological polar surface area (TPSA) is 25.2 Å². The Balaban J connectivity index is 1.59. The molecule has 1 amide bonds. The van der Waals surface area contributed by atoms with Crippen LogP contribution >= 0.6 is 0 Å². The van der Waals surface area contributed by atoms with E-state index in [0.29, 0.717) is 23.8 Å². The van der Waals surface area contributed by atoms with Crippen LogP contribution in [0.1, 0.15) is 63.1 Å². The van der Waals surface area contributed by atoms with Crippen LogP contribution in [0.4, 0.5) is 0 Å². The van der Waals surface area contributed by atoms with Gasteiger partial charge in [-0.2, -0.15) is 0 Å². The summed E-state index contributed by atoms with van der Waals surface area (Å²) in [5, 5.41) is 0. The Labute approximate surface area is 133 Å². The maximum absolute atomic E-state index is 13.3. The second-order valence-corrected chi connectivity index (χ2v) is 7.72. The Morgan fingerprint density at radius 1 is 1.14 bits per heavy atom. The van der Waals surface area contributed by atoms with Gasteiger partial charge in [-0.05, 0) is 56.1 Å². The molecular weight excluding hydrogens is 272 g/mol. The van der Waals surface area contributed by atoms with Gasteiger partial charge in [0.05, 0.1) is 6.04 Å². The third-order valence-corrected chi connectivity index (χ3v) is 6.42. The van der Waals surface area contributed by atoms with Crippen LogP contribution in [-0.2, 0) is 11.8 Å². The van der Waals surface area contributed by atoms with Crippen LogP contribution in [-0.4, -0.2) is 21.9 Å². The van der Waals surface area contributed by atoms with Gasteiger partial charge >= 0.3 is 0 Å². The second kappa shape index (κ2) is 5.75. The fraction of sp³-hybridized carbons (Fsp3) is 0.737. The quantitative estimate of drug-likeness (QED) is 0.813. The van der Waals surface area contributed by atoms with Crippen molar-refractivity contribution in [3.05, 3.63) is 24.0 Å². The van der Waals surface area contributed by atoms with E-state index in [2.05, 4.69) is 34.8 Å². The molecule has 3 heteroatoms. The molecule has 0 N–H and O–H groups in total. The monoisotopic (exact) mass is 300 g/mol. The van der Waals surface area contributed by atoms with E-state index >= 15 is 0 Å². The normalized spacial score (nSPS) is 34.9. The highest BCUT2D eigenvalue weighted by Gasteiger charge is 2.45. The molecule has 1 saturated heterocycles. The Kier molecular flexibility index (Phi) is 3.75. The molecule has 1 aromatic rings. The first-order valence-electron chi connectivity index (χ1n) is 9.15. The Bertz CT molecular complexity index is 549. The summed E-state index contributed by atoms with van der Waals surface area (Å²) in [5.41, 5.74) is 1.32. The van der Waals surface area contributed by atoms with Gasteiger partial charge in [0.2, 0.25) is 5.91 Å². The summed E-state index contributed by atoms with van der Waals surface area (Å²) in [6, 6.07) is 4.62. The summed E-state index contributed by atoms with van der Waals surface area (Å²) >= 11 is 0. The minimum absolute atomic E-state index is 0.300. The van der Waals surface area contributed by atoms with Crippen molar-refractivity contribution in [2.45, 2.75) is 57.4 Å². The van der Waals surface area contributed by atoms with Crippen molar-refractivity contribution >= 4 is 5.91 Å². The zero-order valence-electron chi connectivity index (χ0n) is 13.7. The van der Waals surface area contributed by atoms with Crippen molar-refractivity contribution in [1.82, 2.24) is 9.47 Å². The predicted molar refractivity (Wildman–Crippen MR) is 87.3 cm³/mol. The maximum Gasteiger partial charge on any atom is 0.226 e. The Hall–Kier alpha value is -1.25. The second-order valence-electron chi connectivity index (χ2n) is 7.72. The largest absolute Gasteiger partial charge is 0.353 e. The van der Waals surface area contributed by atoms with E-state index in [-0.39, 0.29) is 0 Å². The van der Waals surface area contributed by atoms with Crippen LogP contribution < -0.4 is 0 Å². The standard InChI is InChI=1S/C19H28N2O/c1-20-10-5-7-17(20)18-6-3-2-4-11-21(18)19(22)16-13-14-8-9-15(16)12-14/h5,7,10,14-16,18H,2-4,6,8-9,11-13H2,1H3/t14-,15-,16+,18+/m0/s1. The highest BCUT2D eigenvalue weighted by atomic mass is 16.2. The van der Waals surface area contributed by atoms with E-state index in [1.807, 2.05) is 0 Å². The number of nitrogens with zero attached hydrogens (tertiary/aromatic N) is 2. The average molecular weight is 300 g/mol. The Morgan fingerprint density at radius 2 is 2.05 bits per heavy atom. The van der Waals surface area contributed by atoms with Gasteiger partial charge in [-0.3, -0.25) is 4.79 Å². The van der Waals surface area contributed by atoms with Crippen LogP contribution in [0.5, 0.6) is 0 Å². The molecule has 120 valence electrons. The van der Waals surface area contributed by atoms with Crippen molar-refractivity contribution < 1.29 is 4.79 Å². The van der Waals surface area contributed by atoms with Gasteiger partial charge in [-0.15, -0.1) is 0 Å². The first kappa shape index (κ1) is 14.3. The molecule has 3 aliphatic rings. The molecule has 0 spiro atoms. The number of hydrogen-bond acceptors (Lipinski definition) is 1. The van der Waals surface area contributed by atoms with Gasteiger partial charge in [-0.25, -0.2) is 0 Å². The molecule has 22 heavy (non-hydrogen) atoms. The number of rotatable bonds is 2. The highest BCUT2D eigenvalue weighted by Crippen LogP contribution is 2.49. The molecular formula is C19H28N2O. The molecule has 3 fully saturated rings. The van der Waals surface area contributed by atoms with Gasteiger partial charge in [0.1, 0.15) is 0 Å². The number of carbonyl (C=O) groups excluding carboxylic acids is 1. The number of carbonyl (C=O) groups is 1. The van der Waals surface area contributed by atoms with Crippen molar-refractivity contribution in [2.24, 2.45) is 24.8 Å². The van der Waals surface area contributed by atoms with E-state index in [9.17, 15) is 4.79 Å². The summed E-state index contributed by atoms with van der Waals surface area (Å²) in [6.07, 6.45) is 12.1. The summed E-state index contributed by atoms with van der Waals surface area (Å²) in [4.78, 5) is 15.5. The zero-order chi connectivity index (χ0) is 15.1. The van der Waals surface area contributed by atoms with Crippen molar-refractivity contribution in [3.8, 4) is 0 Å². The van der Waals surface area contributed by atoms with Gasteiger partial charge in [0, 0.05) is 31.4 Å². The smallest absolute Gasteiger partial charge is 0.226 e. The fourth-order valence-electron chi connectivity index (χ4n) is 5.26. The van der Waals surface area contributed by atoms with Crippen molar-refractivity contribution in [1.29, 1.82) is 0 Å². The van der Waals surface area contributed by atoms with Gasteiger partial charge in [0.15, 0.2) is 0 Å². The number of likely N-dealkylation sites (tertiary alicyclic amines) is 1. The van der Waals surface area contributed by atoms with Crippen LogP contribution in [0.15, 0.2) is 18.3 Å². The summed E-state index contributed by atoms with van der Waals surface area (Å²) in [6.45, 7) is 0.961. The molecule has 2 saturated carbocycles. The van der Waals surface area contributed by atoms with Gasteiger partial charge in [0.25, 0.3) is 0 Å². The molecule has 1 aliphatic heterocycles. The molecule has 3 nitrogen and oxygen atoms in total. The van der Waals surface area contributed by atoms with E-state index in [1.165, 1.54) is 50.6 Å². The number of aromatic nitrogens is 1. The fourth-order valence-corrected chi connectivity index (χ4v) is 5.26. The lowest BCUT2D eigenvalue weighted by molar-refractivity contribution is -0.139. The number of aryl methyl sites for hydroxylation is 1. The number of hydrogen-bond donors (Lipinski definition) is 0. The van der Waals surface area contributed by atoms with Crippen molar-refractivity contribution in [2.75, 3.05) is 6.54 Å². The molecule has 0 aromatic carbocycles. The third kappa shape index (κ3) is 2.39. The Morgan fingerprint density at radius 3 is 2.73 bits per heavy atom. The van der Waals surface area contributed by atoms with E-state index in [4.69, 9.17) is 0 Å². The number of amides is 1. The van der Waals surface area contributed by atoms with Crippen LogP contribution in [0, 0.1) is 17.8 Å². The number of fused-ring (bicyclic) bond motifs is 2. The van der Waals surface area contributed by atoms with Crippen LogP contribution in [0.3, 0.4) is 0 Å². The molecule has 2 heterocycles. The highest BCUT2D eigenvalue weighted by molar-refractivity contribution is 5.80. The van der Waals surface area contributed by atoms with E-state index in [0.717, 1.165) is 18.9 Å². The summed E-state index contributed by atoms with van der Waals surface area (Å²) < 4.78 is 2.21. The molecule has 4 rings (SSSR count). The van der Waals surface area contributed by atoms with Gasteiger partial charge in [-0.1, -0.05) is 19.3 Å². The van der Waals surface area contributed by atoms with Crippen molar-refractivity contribution in [3.63, 3.8) is 0 Å². The SMILES string of the molecule is Cn1cccc1[C@H]1CCCCCN1C(=O)[C@@H]1C[C@H]2CC[C@H]1C2. The molecule has 2 bridgehead atoms. The van der Waals surface area contributed by atoms with E-state index in [1.54, 1.807) is 0 Å². The molecule has 4 atom stereocenters. The molecule has 0 radical (unpaired) electrons. The first-order valence-corrected chi connectivity index (χ1v) is 9.15. The molecule has 0 unspecified atom stereocenters. The van der Waals surface area contributed by atoms with Crippen LogP contribution in [0.25, 0.3) is 0 Å². The zero-order valence-corrected chi connectivity index (χ0v) is 13.7. The minimum atomic E-state index is 0.300. The third-order valence-electron chi connectivity index (χ3n) is 6.42. The van der Waals surface area contributed by atoms with E-state index < -0.39 is 0 Å². The molecule has 2 aliphatic carbocycles. The summed E-state index contributed by atoms with van der Waals surface area (Å²) in [5.74, 6) is 2.34. The molecule has 1 aromatic heterocycles.